The van der Waals surface area contributed by atoms with E-state index >= 15 is 0 Å². The maximum atomic E-state index is 13.2. The van der Waals surface area contributed by atoms with E-state index in [2.05, 4.69) is 4.98 Å². The summed E-state index contributed by atoms with van der Waals surface area (Å²) in [5.74, 6) is -0.888. The van der Waals surface area contributed by atoms with Gasteiger partial charge < -0.3 is 4.90 Å². The van der Waals surface area contributed by atoms with Crippen LogP contribution in [0.3, 0.4) is 0 Å². The third-order valence-corrected chi connectivity index (χ3v) is 5.40. The van der Waals surface area contributed by atoms with Gasteiger partial charge in [0, 0.05) is 25.7 Å². The van der Waals surface area contributed by atoms with E-state index in [4.69, 9.17) is 0 Å². The molecule has 7 heteroatoms. The summed E-state index contributed by atoms with van der Waals surface area (Å²) in [6.45, 7) is 0.702. The Morgan fingerprint density at radius 1 is 1.17 bits per heavy atom. The van der Waals surface area contributed by atoms with Crippen LogP contribution in [0.1, 0.15) is 17.5 Å². The molecule has 0 atom stereocenters. The molecule has 0 saturated heterocycles. The molecule has 0 bridgehead atoms. The third kappa shape index (κ3) is 3.39. The van der Waals surface area contributed by atoms with E-state index in [1.54, 1.807) is 18.2 Å². The second kappa shape index (κ2) is 6.08. The first-order valence-corrected chi connectivity index (χ1v) is 8.80. The van der Waals surface area contributed by atoms with Gasteiger partial charge in [-0.15, -0.1) is 0 Å². The molecule has 1 aromatic carbocycles. The molecule has 0 spiro atoms. The number of sulfone groups is 1. The van der Waals surface area contributed by atoms with Crippen LogP contribution < -0.4 is 0 Å². The van der Waals surface area contributed by atoms with Gasteiger partial charge in [0.15, 0.2) is 14.9 Å². The second-order valence-electron chi connectivity index (χ2n) is 5.40. The third-order valence-electron chi connectivity index (χ3n) is 3.78. The van der Waals surface area contributed by atoms with E-state index in [9.17, 15) is 17.6 Å². The number of hydrogen-bond donors (Lipinski definition) is 0. The van der Waals surface area contributed by atoms with E-state index in [1.165, 1.54) is 29.3 Å². The monoisotopic (exact) mass is 334 g/mol. The minimum atomic E-state index is -3.58. The number of pyridine rings is 1. The lowest BCUT2D eigenvalue weighted by Gasteiger charge is -2.15. The minimum Gasteiger partial charge on any atom is -0.334 e. The fourth-order valence-electron chi connectivity index (χ4n) is 2.55. The van der Waals surface area contributed by atoms with Gasteiger partial charge in [0.2, 0.25) is 5.91 Å². The Bertz CT molecular complexity index is 838. The Labute approximate surface area is 133 Å². The summed E-state index contributed by atoms with van der Waals surface area (Å²) in [6, 6.07) is 9.06. The molecule has 1 aliphatic rings. The fraction of sp³-hybridized carbons (Fsp3) is 0.250. The normalized spacial score (nSPS) is 13.9. The first kappa shape index (κ1) is 15.6. The standard InChI is InChI=1S/C16H15FN2O3S/c17-14-5-4-12-10-19(11-13(12)9-14)16(20)6-8-23(21,22)15-3-1-2-7-18-15/h1-5,7,9H,6,8,10-11H2. The number of nitrogens with zero attached hydrogens (tertiary/aromatic N) is 2. The Balaban J connectivity index is 1.63. The zero-order chi connectivity index (χ0) is 16.4. The molecule has 120 valence electrons. The molecule has 0 N–H and O–H groups in total. The molecule has 1 aliphatic heterocycles. The summed E-state index contributed by atoms with van der Waals surface area (Å²) < 4.78 is 37.5. The number of amides is 1. The predicted octanol–water partition coefficient (Wildman–Crippen LogP) is 1.93. The Hall–Kier alpha value is -2.28. The van der Waals surface area contributed by atoms with E-state index in [0.29, 0.717) is 13.1 Å². The highest BCUT2D eigenvalue weighted by molar-refractivity contribution is 7.91. The van der Waals surface area contributed by atoms with Crippen molar-refractivity contribution in [2.75, 3.05) is 5.75 Å². The van der Waals surface area contributed by atoms with Crippen molar-refractivity contribution >= 4 is 15.7 Å². The van der Waals surface area contributed by atoms with Gasteiger partial charge in [-0.05, 0) is 35.4 Å². The molecule has 1 amide bonds. The average Bonchev–Trinajstić information content (AvgIpc) is 2.96. The van der Waals surface area contributed by atoms with Crippen LogP contribution in [-0.2, 0) is 27.7 Å². The van der Waals surface area contributed by atoms with Crippen molar-refractivity contribution in [1.82, 2.24) is 9.88 Å². The van der Waals surface area contributed by atoms with Crippen molar-refractivity contribution in [1.29, 1.82) is 0 Å². The van der Waals surface area contributed by atoms with Crippen molar-refractivity contribution < 1.29 is 17.6 Å². The Kier molecular flexibility index (Phi) is 4.12. The van der Waals surface area contributed by atoms with E-state index in [-0.39, 0.29) is 28.9 Å². The number of benzene rings is 1. The van der Waals surface area contributed by atoms with Crippen molar-refractivity contribution in [3.05, 3.63) is 59.5 Å². The smallest absolute Gasteiger partial charge is 0.224 e. The molecule has 0 unspecified atom stereocenters. The molecule has 2 heterocycles. The lowest BCUT2D eigenvalue weighted by molar-refractivity contribution is -0.131. The number of rotatable bonds is 4. The number of fused-ring (bicyclic) bond motifs is 1. The molecule has 1 aromatic heterocycles. The first-order chi connectivity index (χ1) is 11.0. The average molecular weight is 334 g/mol. The molecule has 0 saturated carbocycles. The molecule has 0 aliphatic carbocycles. The summed E-state index contributed by atoms with van der Waals surface area (Å²) in [5, 5.41) is -0.0282. The quantitative estimate of drug-likeness (QED) is 0.857. The van der Waals surface area contributed by atoms with Crippen LogP contribution in [0.4, 0.5) is 4.39 Å². The van der Waals surface area contributed by atoms with Crippen LogP contribution in [0, 0.1) is 5.82 Å². The van der Waals surface area contributed by atoms with E-state index in [0.717, 1.165) is 11.1 Å². The topological polar surface area (TPSA) is 67.3 Å². The van der Waals surface area contributed by atoms with Crippen LogP contribution in [0.15, 0.2) is 47.6 Å². The molecular formula is C16H15FN2O3S. The Morgan fingerprint density at radius 2 is 1.96 bits per heavy atom. The largest absolute Gasteiger partial charge is 0.334 e. The summed E-state index contributed by atoms with van der Waals surface area (Å²) >= 11 is 0. The highest BCUT2D eigenvalue weighted by Crippen LogP contribution is 2.24. The van der Waals surface area contributed by atoms with Crippen molar-refractivity contribution in [3.8, 4) is 0 Å². The van der Waals surface area contributed by atoms with Crippen LogP contribution in [-0.4, -0.2) is 30.0 Å². The zero-order valence-electron chi connectivity index (χ0n) is 12.3. The predicted molar refractivity (Wildman–Crippen MR) is 81.6 cm³/mol. The van der Waals surface area contributed by atoms with Crippen molar-refractivity contribution in [2.24, 2.45) is 0 Å². The van der Waals surface area contributed by atoms with Crippen LogP contribution in [0.25, 0.3) is 0 Å². The number of aromatic nitrogens is 1. The number of halogens is 1. The highest BCUT2D eigenvalue weighted by Gasteiger charge is 2.25. The summed E-state index contributed by atoms with van der Waals surface area (Å²) in [5.41, 5.74) is 1.67. The fourth-order valence-corrected chi connectivity index (χ4v) is 3.71. The highest BCUT2D eigenvalue weighted by atomic mass is 32.2. The van der Waals surface area contributed by atoms with Crippen LogP contribution in [0.5, 0.6) is 0 Å². The number of hydrogen-bond acceptors (Lipinski definition) is 4. The summed E-state index contributed by atoms with van der Waals surface area (Å²) in [4.78, 5) is 17.6. The van der Waals surface area contributed by atoms with Gasteiger partial charge in [-0.25, -0.2) is 17.8 Å². The molecule has 3 rings (SSSR count). The Morgan fingerprint density at radius 3 is 2.70 bits per heavy atom. The first-order valence-electron chi connectivity index (χ1n) is 7.14. The maximum Gasteiger partial charge on any atom is 0.224 e. The van der Waals surface area contributed by atoms with Gasteiger partial charge >= 0.3 is 0 Å². The molecule has 5 nitrogen and oxygen atoms in total. The van der Waals surface area contributed by atoms with Gasteiger partial charge in [-0.1, -0.05) is 12.1 Å². The minimum absolute atomic E-state index is 0.0282. The van der Waals surface area contributed by atoms with Gasteiger partial charge in [0.05, 0.1) is 5.75 Å². The van der Waals surface area contributed by atoms with Gasteiger partial charge in [0.25, 0.3) is 0 Å². The molecule has 0 fully saturated rings. The van der Waals surface area contributed by atoms with Crippen molar-refractivity contribution in [2.45, 2.75) is 24.5 Å². The molecule has 2 aromatic rings. The molecule has 23 heavy (non-hydrogen) atoms. The maximum absolute atomic E-state index is 13.2. The number of carbonyl (C=O) groups excluding carboxylic acids is 1. The van der Waals surface area contributed by atoms with E-state index < -0.39 is 9.84 Å². The van der Waals surface area contributed by atoms with Crippen molar-refractivity contribution in [3.63, 3.8) is 0 Å². The molecule has 0 radical (unpaired) electrons. The molecular weight excluding hydrogens is 319 g/mol. The van der Waals surface area contributed by atoms with Gasteiger partial charge in [-0.2, -0.15) is 0 Å². The van der Waals surface area contributed by atoms with Gasteiger partial charge in [-0.3, -0.25) is 4.79 Å². The van der Waals surface area contributed by atoms with Crippen LogP contribution in [0.2, 0.25) is 0 Å². The van der Waals surface area contributed by atoms with Crippen LogP contribution >= 0.6 is 0 Å². The summed E-state index contributed by atoms with van der Waals surface area (Å²) in [7, 11) is -3.58. The number of carbonyl (C=O) groups is 1. The zero-order valence-corrected chi connectivity index (χ0v) is 13.1. The SMILES string of the molecule is O=C(CCS(=O)(=O)c1ccccn1)N1Cc2ccc(F)cc2C1. The lowest BCUT2D eigenvalue weighted by atomic mass is 10.1. The summed E-state index contributed by atoms with van der Waals surface area (Å²) in [6.07, 6.45) is 1.29. The second-order valence-corrected chi connectivity index (χ2v) is 7.46. The van der Waals surface area contributed by atoms with Gasteiger partial charge in [0.1, 0.15) is 5.82 Å². The van der Waals surface area contributed by atoms with E-state index in [1.807, 2.05) is 0 Å². The lowest BCUT2D eigenvalue weighted by Crippen LogP contribution is -2.27.